The van der Waals surface area contributed by atoms with Gasteiger partial charge in [-0.15, -0.1) is 0 Å². The van der Waals surface area contributed by atoms with E-state index in [2.05, 4.69) is 16.1 Å². The number of benzene rings is 1. The van der Waals surface area contributed by atoms with E-state index < -0.39 is 27.7 Å². The molecular formula is C25H35N3O5S. The first-order valence-corrected chi connectivity index (χ1v) is 13.7. The molecule has 1 heterocycles. The largest absolute Gasteiger partial charge is 0.444 e. The normalized spacial score (nSPS) is 20.2. The predicted octanol–water partition coefficient (Wildman–Crippen LogP) is 4.28. The molecule has 8 nitrogen and oxygen atoms in total. The molecule has 0 radical (unpaired) electrons. The second-order valence-electron chi connectivity index (χ2n) is 10.5. The number of aryl methyl sites for hydroxylation is 2. The minimum atomic E-state index is -3.97. The van der Waals surface area contributed by atoms with Crippen molar-refractivity contribution in [3.63, 3.8) is 0 Å². The van der Waals surface area contributed by atoms with E-state index in [-0.39, 0.29) is 5.92 Å². The maximum absolute atomic E-state index is 12.6. The van der Waals surface area contributed by atoms with Crippen LogP contribution in [0.1, 0.15) is 68.7 Å². The van der Waals surface area contributed by atoms with Gasteiger partial charge in [0.2, 0.25) is 0 Å². The summed E-state index contributed by atoms with van der Waals surface area (Å²) in [6.07, 6.45) is 8.60. The fourth-order valence-electron chi connectivity index (χ4n) is 5.14. The molecule has 4 rings (SSSR count). The number of urea groups is 1. The lowest BCUT2D eigenvalue weighted by Crippen LogP contribution is -2.42. The van der Waals surface area contributed by atoms with Gasteiger partial charge in [-0.05, 0) is 100 Å². The van der Waals surface area contributed by atoms with Crippen molar-refractivity contribution in [3.8, 4) is 0 Å². The molecule has 0 spiro atoms. The average Bonchev–Trinajstić information content (AvgIpc) is 3.40. The molecule has 186 valence electrons. The Morgan fingerprint density at radius 3 is 2.32 bits per heavy atom. The first-order valence-electron chi connectivity index (χ1n) is 12.2. The standard InChI is InChI=1S/C25H35N3O5S/c1-25(2,3)33-24(30)28-13-6-7-17(16-28)12-14-34(31,32)27-23(29)26-22-20-10-4-8-18(20)15-19-9-5-11-21(19)22/h12,14-15,17H,4-11,13,16H2,1-3H3,(H2,26,27,29). The van der Waals surface area contributed by atoms with Crippen LogP contribution in [-0.4, -0.2) is 44.1 Å². The highest BCUT2D eigenvalue weighted by atomic mass is 32.2. The lowest BCUT2D eigenvalue weighted by molar-refractivity contribution is 0.0187. The third-order valence-corrected chi connectivity index (χ3v) is 7.57. The molecule has 0 aromatic heterocycles. The van der Waals surface area contributed by atoms with Crippen LogP contribution in [0.25, 0.3) is 0 Å². The zero-order valence-electron chi connectivity index (χ0n) is 20.3. The van der Waals surface area contributed by atoms with Gasteiger partial charge in [-0.3, -0.25) is 0 Å². The second kappa shape index (κ2) is 9.60. The van der Waals surface area contributed by atoms with Gasteiger partial charge < -0.3 is 15.0 Å². The highest BCUT2D eigenvalue weighted by Gasteiger charge is 2.28. The van der Waals surface area contributed by atoms with Crippen LogP contribution in [-0.2, 0) is 40.4 Å². The van der Waals surface area contributed by atoms with Crippen molar-refractivity contribution in [2.75, 3.05) is 18.4 Å². The number of nitrogens with zero attached hydrogens (tertiary/aromatic N) is 1. The number of amides is 3. The van der Waals surface area contributed by atoms with Crippen molar-refractivity contribution in [3.05, 3.63) is 39.8 Å². The number of hydrogen-bond acceptors (Lipinski definition) is 5. The van der Waals surface area contributed by atoms with E-state index in [4.69, 9.17) is 4.74 Å². The van der Waals surface area contributed by atoms with Gasteiger partial charge in [0, 0.05) is 24.2 Å². The second-order valence-corrected chi connectivity index (χ2v) is 12.1. The zero-order chi connectivity index (χ0) is 24.5. The van der Waals surface area contributed by atoms with Crippen LogP contribution in [0.5, 0.6) is 0 Å². The molecule has 3 aliphatic rings. The highest BCUT2D eigenvalue weighted by molar-refractivity contribution is 7.92. The molecule has 2 N–H and O–H groups in total. The van der Waals surface area contributed by atoms with E-state index in [0.717, 1.165) is 73.6 Å². The molecule has 1 aliphatic heterocycles. The number of nitrogens with one attached hydrogen (secondary N) is 2. The van der Waals surface area contributed by atoms with Gasteiger partial charge in [0.05, 0.1) is 0 Å². The van der Waals surface area contributed by atoms with E-state index in [0.29, 0.717) is 13.1 Å². The summed E-state index contributed by atoms with van der Waals surface area (Å²) in [7, 11) is -3.97. The maximum Gasteiger partial charge on any atom is 0.410 e. The van der Waals surface area contributed by atoms with Crippen molar-refractivity contribution >= 4 is 27.8 Å². The average molecular weight is 490 g/mol. The summed E-state index contributed by atoms with van der Waals surface area (Å²) in [5.41, 5.74) is 5.05. The van der Waals surface area contributed by atoms with Gasteiger partial charge in [0.1, 0.15) is 5.60 Å². The van der Waals surface area contributed by atoms with Crippen molar-refractivity contribution in [2.45, 2.75) is 77.7 Å². The molecule has 3 amide bonds. The monoisotopic (exact) mass is 489 g/mol. The zero-order valence-corrected chi connectivity index (χ0v) is 21.1. The molecule has 0 saturated carbocycles. The Hall–Kier alpha value is -2.55. The summed E-state index contributed by atoms with van der Waals surface area (Å²) in [4.78, 5) is 26.6. The van der Waals surface area contributed by atoms with Crippen LogP contribution in [0, 0.1) is 5.92 Å². The number of hydrogen-bond donors (Lipinski definition) is 2. The third-order valence-electron chi connectivity index (χ3n) is 6.59. The number of piperidine rings is 1. The lowest BCUT2D eigenvalue weighted by Gasteiger charge is -2.33. The first-order chi connectivity index (χ1) is 16.0. The molecule has 1 aromatic rings. The Morgan fingerprint density at radius 2 is 1.71 bits per heavy atom. The Morgan fingerprint density at radius 1 is 1.06 bits per heavy atom. The fraction of sp³-hybridized carbons (Fsp3) is 0.600. The topological polar surface area (TPSA) is 105 Å². The van der Waals surface area contributed by atoms with Crippen LogP contribution in [0.4, 0.5) is 15.3 Å². The summed E-state index contributed by atoms with van der Waals surface area (Å²) in [6, 6.07) is 1.52. The third kappa shape index (κ3) is 5.92. The molecule has 34 heavy (non-hydrogen) atoms. The van der Waals surface area contributed by atoms with Crippen LogP contribution in [0.2, 0.25) is 0 Å². The summed E-state index contributed by atoms with van der Waals surface area (Å²) in [5.74, 6) is -0.124. The van der Waals surface area contributed by atoms with Crippen molar-refractivity contribution < 1.29 is 22.7 Å². The number of ether oxygens (including phenoxy) is 1. The summed E-state index contributed by atoms with van der Waals surface area (Å²) in [5, 5.41) is 3.89. The minimum Gasteiger partial charge on any atom is -0.444 e. The van der Waals surface area contributed by atoms with Crippen molar-refractivity contribution in [1.82, 2.24) is 9.62 Å². The van der Waals surface area contributed by atoms with E-state index in [1.54, 1.807) is 11.0 Å². The molecular weight excluding hydrogens is 454 g/mol. The molecule has 1 atom stereocenters. The molecule has 1 aromatic carbocycles. The lowest BCUT2D eigenvalue weighted by atomic mass is 9.99. The molecule has 9 heteroatoms. The quantitative estimate of drug-likeness (QED) is 0.657. The van der Waals surface area contributed by atoms with Crippen LogP contribution < -0.4 is 10.0 Å². The van der Waals surface area contributed by atoms with Crippen molar-refractivity contribution in [2.24, 2.45) is 5.92 Å². The van der Waals surface area contributed by atoms with Crippen LogP contribution in [0.3, 0.4) is 0 Å². The number of sulfonamides is 1. The van der Waals surface area contributed by atoms with Crippen LogP contribution in [0.15, 0.2) is 17.6 Å². The molecule has 0 bridgehead atoms. The Bertz CT molecular complexity index is 1070. The molecule has 1 fully saturated rings. The van der Waals surface area contributed by atoms with E-state index in [1.807, 2.05) is 20.8 Å². The fourth-order valence-corrected chi connectivity index (χ4v) is 5.95. The molecule has 1 unspecified atom stereocenters. The summed E-state index contributed by atoms with van der Waals surface area (Å²) in [6.45, 7) is 6.41. The first kappa shape index (κ1) is 24.6. The summed E-state index contributed by atoms with van der Waals surface area (Å²) < 4.78 is 32.7. The Balaban J connectivity index is 1.38. The van der Waals surface area contributed by atoms with Gasteiger partial charge in [-0.25, -0.2) is 22.7 Å². The molecule has 2 aliphatic carbocycles. The molecule has 1 saturated heterocycles. The van der Waals surface area contributed by atoms with Gasteiger partial charge in [-0.1, -0.05) is 12.1 Å². The maximum atomic E-state index is 12.6. The number of anilines is 1. The Labute approximate surface area is 202 Å². The number of carbonyl (C=O) groups excluding carboxylic acids is 2. The van der Waals surface area contributed by atoms with Crippen molar-refractivity contribution in [1.29, 1.82) is 0 Å². The summed E-state index contributed by atoms with van der Waals surface area (Å²) >= 11 is 0. The van der Waals surface area contributed by atoms with Gasteiger partial charge >= 0.3 is 12.1 Å². The highest BCUT2D eigenvalue weighted by Crippen LogP contribution is 2.38. The number of fused-ring (bicyclic) bond motifs is 2. The smallest absolute Gasteiger partial charge is 0.410 e. The Kier molecular flexibility index (Phi) is 6.94. The minimum absolute atomic E-state index is 0.124. The van der Waals surface area contributed by atoms with E-state index in [1.165, 1.54) is 11.1 Å². The SMILES string of the molecule is CC(C)(C)OC(=O)N1CCCC(C=CS(=O)(=O)NC(=O)Nc2c3c(cc4c2CCC4)CCC3)C1. The van der Waals surface area contributed by atoms with Gasteiger partial charge in [-0.2, -0.15) is 0 Å². The van der Waals surface area contributed by atoms with E-state index >= 15 is 0 Å². The van der Waals surface area contributed by atoms with Gasteiger partial charge in [0.15, 0.2) is 0 Å². The number of likely N-dealkylation sites (tertiary alicyclic amines) is 1. The predicted molar refractivity (Wildman–Crippen MR) is 131 cm³/mol. The van der Waals surface area contributed by atoms with Gasteiger partial charge in [0.25, 0.3) is 10.0 Å². The number of carbonyl (C=O) groups is 2. The van der Waals surface area contributed by atoms with Crippen LogP contribution >= 0.6 is 0 Å². The van der Waals surface area contributed by atoms with E-state index in [9.17, 15) is 18.0 Å². The number of rotatable bonds is 4.